The lowest BCUT2D eigenvalue weighted by Crippen LogP contribution is -2.54. The van der Waals surface area contributed by atoms with E-state index in [-0.39, 0.29) is 10.7 Å². The molecule has 2 aromatic carbocycles. The minimum atomic E-state index is -0.555. The molecule has 28 heavy (non-hydrogen) atoms. The Hall–Kier alpha value is -3.19. The molecule has 1 heterocycles. The van der Waals surface area contributed by atoms with Gasteiger partial charge in [-0.15, -0.1) is 0 Å². The zero-order valence-electron chi connectivity index (χ0n) is 16.0. The Morgan fingerprint density at radius 2 is 1.71 bits per heavy atom. The lowest BCUT2D eigenvalue weighted by Gasteiger charge is -2.29. The van der Waals surface area contributed by atoms with Gasteiger partial charge in [0, 0.05) is 5.56 Å². The van der Waals surface area contributed by atoms with E-state index in [1.165, 1.54) is 25.2 Å². The molecule has 7 heteroatoms. The van der Waals surface area contributed by atoms with Gasteiger partial charge in [-0.3, -0.25) is 19.8 Å². The van der Waals surface area contributed by atoms with Crippen LogP contribution in [0, 0.1) is 13.8 Å². The summed E-state index contributed by atoms with van der Waals surface area (Å²) in [6, 6.07) is 10.9. The summed E-state index contributed by atoms with van der Waals surface area (Å²) in [5, 5.41) is 2.64. The second-order valence-corrected chi connectivity index (χ2v) is 6.77. The Labute approximate surface area is 168 Å². The normalized spacial score (nSPS) is 15.6. The summed E-state index contributed by atoms with van der Waals surface area (Å²) in [7, 11) is 3.02. The summed E-state index contributed by atoms with van der Waals surface area (Å²) in [5.74, 6) is -0.115. The fourth-order valence-corrected chi connectivity index (χ4v) is 3.43. The Morgan fingerprint density at radius 3 is 2.32 bits per heavy atom. The van der Waals surface area contributed by atoms with Crippen molar-refractivity contribution in [1.82, 2.24) is 5.32 Å². The van der Waals surface area contributed by atoms with Crippen LogP contribution in [0.1, 0.15) is 16.7 Å². The highest BCUT2D eigenvalue weighted by Gasteiger charge is 2.35. The van der Waals surface area contributed by atoms with Crippen LogP contribution in [0.3, 0.4) is 0 Å². The van der Waals surface area contributed by atoms with Crippen molar-refractivity contribution in [3.8, 4) is 11.5 Å². The van der Waals surface area contributed by atoms with Crippen molar-refractivity contribution in [3.05, 3.63) is 58.7 Å². The van der Waals surface area contributed by atoms with E-state index in [0.29, 0.717) is 22.7 Å². The summed E-state index contributed by atoms with van der Waals surface area (Å²) in [5.41, 5.74) is 3.09. The van der Waals surface area contributed by atoms with Crippen LogP contribution in [0.25, 0.3) is 6.08 Å². The molecule has 0 saturated carbocycles. The minimum absolute atomic E-state index is 0.0423. The number of hydrogen-bond donors (Lipinski definition) is 1. The number of thiocarbonyl (C=S) groups is 1. The number of rotatable bonds is 4. The predicted octanol–water partition coefficient (Wildman–Crippen LogP) is 3.15. The summed E-state index contributed by atoms with van der Waals surface area (Å²) >= 11 is 5.26. The second kappa shape index (κ2) is 7.82. The standard InChI is InChI=1S/C21H20N2O4S/c1-12-8-13(2)10-15(9-12)23-20(25)16(19(24)22-21(23)28)11-14-6-5-7-17(26-3)18(14)27-4/h5-11H,1-4H3,(H,22,24,28)/b16-11+. The van der Waals surface area contributed by atoms with Crippen molar-refractivity contribution in [2.45, 2.75) is 13.8 Å². The summed E-state index contributed by atoms with van der Waals surface area (Å²) < 4.78 is 10.7. The first kappa shape index (κ1) is 19.6. The Morgan fingerprint density at radius 1 is 1.04 bits per heavy atom. The summed E-state index contributed by atoms with van der Waals surface area (Å²) in [6.07, 6.45) is 1.48. The predicted molar refractivity (Wildman–Crippen MR) is 112 cm³/mol. The molecule has 1 aliphatic rings. The van der Waals surface area contributed by atoms with Crippen molar-refractivity contribution in [1.29, 1.82) is 0 Å². The maximum atomic E-state index is 13.2. The number of methoxy groups -OCH3 is 2. The molecule has 144 valence electrons. The van der Waals surface area contributed by atoms with Gasteiger partial charge >= 0.3 is 0 Å². The van der Waals surface area contributed by atoms with Crippen LogP contribution >= 0.6 is 12.2 Å². The molecule has 2 aromatic rings. The van der Waals surface area contributed by atoms with Gasteiger partial charge < -0.3 is 9.47 Å². The third-order valence-corrected chi connectivity index (χ3v) is 4.58. The van der Waals surface area contributed by atoms with Gasteiger partial charge in [-0.05, 0) is 61.5 Å². The quantitative estimate of drug-likeness (QED) is 0.489. The molecule has 0 radical (unpaired) electrons. The van der Waals surface area contributed by atoms with Crippen molar-refractivity contribution >= 4 is 40.9 Å². The van der Waals surface area contributed by atoms with Gasteiger partial charge in [0.2, 0.25) is 0 Å². The SMILES string of the molecule is COc1cccc(/C=C2\C(=O)NC(=S)N(c3cc(C)cc(C)c3)C2=O)c1OC. The maximum Gasteiger partial charge on any atom is 0.270 e. The van der Waals surface area contributed by atoms with Gasteiger partial charge in [-0.25, -0.2) is 0 Å². The molecule has 1 N–H and O–H groups in total. The number of carbonyl (C=O) groups is 2. The molecule has 0 atom stereocenters. The van der Waals surface area contributed by atoms with E-state index in [4.69, 9.17) is 21.7 Å². The largest absolute Gasteiger partial charge is 0.493 e. The molecule has 0 bridgehead atoms. The minimum Gasteiger partial charge on any atom is -0.493 e. The molecule has 3 rings (SSSR count). The van der Waals surface area contributed by atoms with Crippen molar-refractivity contribution in [2.24, 2.45) is 0 Å². The zero-order chi connectivity index (χ0) is 20.4. The maximum absolute atomic E-state index is 13.2. The molecule has 1 aliphatic heterocycles. The molecule has 6 nitrogen and oxygen atoms in total. The highest BCUT2D eigenvalue weighted by molar-refractivity contribution is 7.80. The fraction of sp³-hybridized carbons (Fsp3) is 0.190. The molecular formula is C21H20N2O4S. The zero-order valence-corrected chi connectivity index (χ0v) is 16.8. The van der Waals surface area contributed by atoms with Gasteiger partial charge in [0.15, 0.2) is 16.6 Å². The van der Waals surface area contributed by atoms with Gasteiger partial charge in [0.25, 0.3) is 11.8 Å². The third kappa shape index (κ3) is 3.61. The van der Waals surface area contributed by atoms with Crippen LogP contribution in [0.4, 0.5) is 5.69 Å². The first-order valence-electron chi connectivity index (χ1n) is 8.56. The van der Waals surface area contributed by atoms with Gasteiger partial charge in [-0.1, -0.05) is 18.2 Å². The second-order valence-electron chi connectivity index (χ2n) is 6.39. The lowest BCUT2D eigenvalue weighted by atomic mass is 10.0. The molecule has 0 aromatic heterocycles. The molecule has 2 amide bonds. The highest BCUT2D eigenvalue weighted by atomic mass is 32.1. The van der Waals surface area contributed by atoms with Crippen LogP contribution < -0.4 is 19.7 Å². The smallest absolute Gasteiger partial charge is 0.270 e. The molecule has 0 aliphatic carbocycles. The number of nitrogens with one attached hydrogen (secondary N) is 1. The van der Waals surface area contributed by atoms with Crippen LogP contribution in [0.5, 0.6) is 11.5 Å². The van der Waals surface area contributed by atoms with E-state index in [1.807, 2.05) is 32.0 Å². The summed E-state index contributed by atoms with van der Waals surface area (Å²) in [4.78, 5) is 27.0. The molecule has 1 fully saturated rings. The molecular weight excluding hydrogens is 376 g/mol. The number of nitrogens with zero attached hydrogens (tertiary/aromatic N) is 1. The van der Waals surface area contributed by atoms with E-state index in [2.05, 4.69) is 5.32 Å². The number of para-hydroxylation sites is 1. The first-order valence-corrected chi connectivity index (χ1v) is 8.97. The van der Waals surface area contributed by atoms with E-state index in [0.717, 1.165) is 11.1 Å². The summed E-state index contributed by atoms with van der Waals surface area (Å²) in [6.45, 7) is 3.87. The first-order chi connectivity index (χ1) is 13.3. The fourth-order valence-electron chi connectivity index (χ4n) is 3.15. The highest BCUT2D eigenvalue weighted by Crippen LogP contribution is 2.33. The van der Waals surface area contributed by atoms with Crippen LogP contribution in [0.2, 0.25) is 0 Å². The van der Waals surface area contributed by atoms with Gasteiger partial charge in [0.1, 0.15) is 5.57 Å². The van der Waals surface area contributed by atoms with E-state index >= 15 is 0 Å². The molecule has 0 unspecified atom stereocenters. The van der Waals surface area contributed by atoms with Crippen molar-refractivity contribution in [3.63, 3.8) is 0 Å². The Balaban J connectivity index is 2.09. The number of anilines is 1. The number of carbonyl (C=O) groups excluding carboxylic acids is 2. The average molecular weight is 396 g/mol. The van der Waals surface area contributed by atoms with Crippen LogP contribution in [-0.2, 0) is 9.59 Å². The number of hydrogen-bond acceptors (Lipinski definition) is 5. The van der Waals surface area contributed by atoms with Crippen molar-refractivity contribution < 1.29 is 19.1 Å². The monoisotopic (exact) mass is 396 g/mol. The number of aryl methyl sites for hydroxylation is 2. The van der Waals surface area contributed by atoms with Crippen LogP contribution in [0.15, 0.2) is 42.0 Å². The Kier molecular flexibility index (Phi) is 5.46. The Bertz CT molecular complexity index is 993. The topological polar surface area (TPSA) is 67.9 Å². The van der Waals surface area contributed by atoms with E-state index in [1.54, 1.807) is 18.2 Å². The van der Waals surface area contributed by atoms with Crippen LogP contribution in [-0.4, -0.2) is 31.1 Å². The average Bonchev–Trinajstić information content (AvgIpc) is 2.63. The number of ether oxygens (including phenoxy) is 2. The van der Waals surface area contributed by atoms with E-state index in [9.17, 15) is 9.59 Å². The van der Waals surface area contributed by atoms with Gasteiger partial charge in [0.05, 0.1) is 19.9 Å². The third-order valence-electron chi connectivity index (χ3n) is 4.30. The molecule has 1 saturated heterocycles. The van der Waals surface area contributed by atoms with E-state index < -0.39 is 11.8 Å². The van der Waals surface area contributed by atoms with Gasteiger partial charge in [-0.2, -0.15) is 0 Å². The lowest BCUT2D eigenvalue weighted by molar-refractivity contribution is -0.122. The number of amides is 2. The number of benzene rings is 2. The molecule has 0 spiro atoms. The van der Waals surface area contributed by atoms with Crippen molar-refractivity contribution in [2.75, 3.05) is 19.1 Å².